The fourth-order valence-corrected chi connectivity index (χ4v) is 7.44. The molecule has 0 aromatic rings. The van der Waals surface area contributed by atoms with Crippen LogP contribution in [0, 0.1) is 0 Å². The van der Waals surface area contributed by atoms with Crippen molar-refractivity contribution in [2.75, 3.05) is 19.8 Å². The Morgan fingerprint density at radius 3 is 1.48 bits per heavy atom. The Morgan fingerprint density at radius 1 is 0.533 bits per heavy atom. The number of esters is 2. The number of ether oxygens (including phenoxy) is 4. The number of carbonyl (C=O) groups excluding carboxylic acids is 2. The smallest absolute Gasteiger partial charge is 0.306 e. The van der Waals surface area contributed by atoms with Gasteiger partial charge in [0.25, 0.3) is 0 Å². The maximum Gasteiger partial charge on any atom is 0.306 e. The molecule has 6 atom stereocenters. The molecule has 0 radical (unpaired) electrons. The van der Waals surface area contributed by atoms with E-state index in [4.69, 9.17) is 18.9 Å². The van der Waals surface area contributed by atoms with Gasteiger partial charge in [0.2, 0.25) is 0 Å². The molecule has 0 saturated carbocycles. The molecule has 0 spiro atoms. The van der Waals surface area contributed by atoms with Crippen molar-refractivity contribution < 1.29 is 49.0 Å². The molecular formula is C50H90O10. The first kappa shape index (κ1) is 55.9. The van der Waals surface area contributed by atoms with Crippen LogP contribution in [0.15, 0.2) is 36.5 Å². The first-order valence-corrected chi connectivity index (χ1v) is 24.6. The van der Waals surface area contributed by atoms with Crippen LogP contribution in [0.2, 0.25) is 0 Å². The number of hydrogen-bond donors (Lipinski definition) is 4. The summed E-state index contributed by atoms with van der Waals surface area (Å²) < 4.78 is 22.2. The van der Waals surface area contributed by atoms with Gasteiger partial charge in [0.1, 0.15) is 31.0 Å². The van der Waals surface area contributed by atoms with E-state index in [0.29, 0.717) is 6.42 Å². The molecule has 0 aromatic heterocycles. The standard InChI is InChI=1S/C50H90O10/c1-3-5-7-9-11-13-15-17-19-20-21-22-23-25-26-28-30-32-34-36-38-45(52)57-41-43(42-58-50-49(56)48(55)47(54)44(40-51)60-50)59-46(53)39-37-35-33-31-29-27-24-18-16-14-12-10-8-6-4-2/h6,8,12,14,18,24,43-44,47-51,54-56H,3-5,7,9-11,13,15-17,19-23,25-42H2,1-2H3/b8-6+,14-12+,24-18+/t43-,44-,47+,48?,49?,50-/m0/s1. The van der Waals surface area contributed by atoms with Crippen molar-refractivity contribution in [3.8, 4) is 0 Å². The fourth-order valence-electron chi connectivity index (χ4n) is 7.44. The van der Waals surface area contributed by atoms with E-state index >= 15 is 0 Å². The third-order valence-electron chi connectivity index (χ3n) is 11.3. The van der Waals surface area contributed by atoms with Gasteiger partial charge in [0.15, 0.2) is 12.4 Å². The largest absolute Gasteiger partial charge is 0.462 e. The average molecular weight is 851 g/mol. The Kier molecular flexibility index (Phi) is 38.2. The van der Waals surface area contributed by atoms with Crippen molar-refractivity contribution in [2.45, 2.75) is 250 Å². The number of rotatable bonds is 41. The summed E-state index contributed by atoms with van der Waals surface area (Å²) in [5, 5.41) is 40.1. The molecule has 4 N–H and O–H groups in total. The number of unbranched alkanes of at least 4 members (excludes halogenated alkanes) is 24. The Bertz CT molecular complexity index is 1080. The van der Waals surface area contributed by atoms with Crippen molar-refractivity contribution in [2.24, 2.45) is 0 Å². The molecule has 1 aliphatic rings. The molecule has 1 fully saturated rings. The van der Waals surface area contributed by atoms with Crippen LogP contribution in [0.25, 0.3) is 0 Å². The zero-order valence-electron chi connectivity index (χ0n) is 38.2. The number of aliphatic hydroxyl groups is 4. The van der Waals surface area contributed by atoms with E-state index in [1.54, 1.807) is 0 Å². The summed E-state index contributed by atoms with van der Waals surface area (Å²) in [6, 6.07) is 0. The third-order valence-corrected chi connectivity index (χ3v) is 11.3. The first-order chi connectivity index (χ1) is 29.3. The molecule has 0 aliphatic carbocycles. The van der Waals surface area contributed by atoms with Crippen molar-refractivity contribution in [1.29, 1.82) is 0 Å². The van der Waals surface area contributed by atoms with Crippen LogP contribution in [-0.4, -0.2) is 89.0 Å². The Morgan fingerprint density at radius 2 is 0.983 bits per heavy atom. The monoisotopic (exact) mass is 851 g/mol. The maximum absolute atomic E-state index is 12.8. The summed E-state index contributed by atoms with van der Waals surface area (Å²) in [6.45, 7) is 3.32. The second kappa shape index (κ2) is 41.0. The molecule has 0 amide bonds. The van der Waals surface area contributed by atoms with Gasteiger partial charge in [-0.1, -0.05) is 192 Å². The molecule has 10 nitrogen and oxygen atoms in total. The Labute approximate surface area is 366 Å². The van der Waals surface area contributed by atoms with E-state index < -0.39 is 49.4 Å². The lowest BCUT2D eigenvalue weighted by molar-refractivity contribution is -0.305. The predicted molar refractivity (Wildman–Crippen MR) is 242 cm³/mol. The Balaban J connectivity index is 2.27. The lowest BCUT2D eigenvalue weighted by atomic mass is 9.99. The van der Waals surface area contributed by atoms with Crippen LogP contribution in [0.3, 0.4) is 0 Å². The quantitative estimate of drug-likeness (QED) is 0.0266. The average Bonchev–Trinajstić information content (AvgIpc) is 3.25. The van der Waals surface area contributed by atoms with Gasteiger partial charge in [-0.25, -0.2) is 0 Å². The minimum absolute atomic E-state index is 0.212. The summed E-state index contributed by atoms with van der Waals surface area (Å²) in [5.74, 6) is -0.818. The molecule has 1 heterocycles. The maximum atomic E-state index is 12.8. The van der Waals surface area contributed by atoms with Crippen LogP contribution in [0.1, 0.15) is 213 Å². The van der Waals surface area contributed by atoms with Crippen LogP contribution in [0.5, 0.6) is 0 Å². The highest BCUT2D eigenvalue weighted by atomic mass is 16.7. The van der Waals surface area contributed by atoms with Crippen LogP contribution >= 0.6 is 0 Å². The van der Waals surface area contributed by atoms with Gasteiger partial charge < -0.3 is 39.4 Å². The van der Waals surface area contributed by atoms with Gasteiger partial charge in [0, 0.05) is 12.8 Å². The second-order valence-corrected chi connectivity index (χ2v) is 16.9. The Hall–Kier alpha value is -2.08. The van der Waals surface area contributed by atoms with Crippen molar-refractivity contribution >= 4 is 11.9 Å². The molecule has 1 aliphatic heterocycles. The summed E-state index contributed by atoms with van der Waals surface area (Å²) in [7, 11) is 0. The molecule has 2 unspecified atom stereocenters. The minimum Gasteiger partial charge on any atom is -0.462 e. The number of aliphatic hydroxyl groups excluding tert-OH is 4. The highest BCUT2D eigenvalue weighted by Crippen LogP contribution is 2.23. The van der Waals surface area contributed by atoms with Crippen LogP contribution in [0.4, 0.5) is 0 Å². The number of hydrogen-bond acceptors (Lipinski definition) is 10. The summed E-state index contributed by atoms with van der Waals surface area (Å²) >= 11 is 0. The molecular weight excluding hydrogens is 761 g/mol. The lowest BCUT2D eigenvalue weighted by Gasteiger charge is -2.39. The van der Waals surface area contributed by atoms with Gasteiger partial charge in [0.05, 0.1) is 13.2 Å². The molecule has 10 heteroatoms. The zero-order chi connectivity index (χ0) is 43.7. The van der Waals surface area contributed by atoms with Gasteiger partial charge in [-0.2, -0.15) is 0 Å². The summed E-state index contributed by atoms with van der Waals surface area (Å²) in [4.78, 5) is 25.4. The van der Waals surface area contributed by atoms with Gasteiger partial charge in [-0.05, 0) is 44.9 Å². The van der Waals surface area contributed by atoms with E-state index in [-0.39, 0.29) is 32.0 Å². The lowest BCUT2D eigenvalue weighted by Crippen LogP contribution is -2.59. The molecule has 0 aromatic carbocycles. The number of carbonyl (C=O) groups is 2. The molecule has 60 heavy (non-hydrogen) atoms. The van der Waals surface area contributed by atoms with Crippen molar-refractivity contribution in [3.05, 3.63) is 36.5 Å². The highest BCUT2D eigenvalue weighted by Gasteiger charge is 2.44. The van der Waals surface area contributed by atoms with E-state index in [0.717, 1.165) is 70.6 Å². The topological polar surface area (TPSA) is 152 Å². The predicted octanol–water partition coefficient (Wildman–Crippen LogP) is 11.1. The SMILES string of the molecule is CC/C=C/C/C=C/C/C=C/CCCCCCCC(=O)O[C@@H](COC(=O)CCCCCCCCCCCCCCCCCCCCCC)CO[C@H]1O[C@@H](CO)[C@@H](O)C(O)C1O. The van der Waals surface area contributed by atoms with E-state index in [1.807, 2.05) is 0 Å². The summed E-state index contributed by atoms with van der Waals surface area (Å²) in [6.07, 6.45) is 40.1. The summed E-state index contributed by atoms with van der Waals surface area (Å²) in [5.41, 5.74) is 0. The first-order valence-electron chi connectivity index (χ1n) is 24.6. The fraction of sp³-hybridized carbons (Fsp3) is 0.840. The molecule has 350 valence electrons. The highest BCUT2D eigenvalue weighted by molar-refractivity contribution is 5.70. The molecule has 0 bridgehead atoms. The third kappa shape index (κ3) is 31.7. The molecule has 1 saturated heterocycles. The van der Waals surface area contributed by atoms with E-state index in [1.165, 1.54) is 109 Å². The van der Waals surface area contributed by atoms with Gasteiger partial charge in [-0.15, -0.1) is 0 Å². The minimum atomic E-state index is -1.60. The van der Waals surface area contributed by atoms with E-state index in [2.05, 4.69) is 50.3 Å². The van der Waals surface area contributed by atoms with E-state index in [9.17, 15) is 30.0 Å². The van der Waals surface area contributed by atoms with Gasteiger partial charge in [-0.3, -0.25) is 9.59 Å². The van der Waals surface area contributed by atoms with Crippen molar-refractivity contribution in [3.63, 3.8) is 0 Å². The van der Waals surface area contributed by atoms with Crippen LogP contribution < -0.4 is 0 Å². The van der Waals surface area contributed by atoms with Gasteiger partial charge >= 0.3 is 11.9 Å². The molecule has 1 rings (SSSR count). The zero-order valence-corrected chi connectivity index (χ0v) is 38.2. The van der Waals surface area contributed by atoms with Crippen LogP contribution in [-0.2, 0) is 28.5 Å². The second-order valence-electron chi connectivity index (χ2n) is 16.9. The number of allylic oxidation sites excluding steroid dienone is 6. The normalized spacial score (nSPS) is 20.1. The van der Waals surface area contributed by atoms with Crippen molar-refractivity contribution in [1.82, 2.24) is 0 Å².